The van der Waals surface area contributed by atoms with E-state index in [9.17, 15) is 9.59 Å². The minimum absolute atomic E-state index is 0.00555. The molecule has 1 aromatic heterocycles. The van der Waals surface area contributed by atoms with Gasteiger partial charge in [-0.05, 0) is 44.8 Å². The molecule has 0 aromatic carbocycles. The van der Waals surface area contributed by atoms with Crippen molar-refractivity contribution in [2.24, 2.45) is 0 Å². The monoisotopic (exact) mass is 359 g/mol. The highest BCUT2D eigenvalue weighted by Gasteiger charge is 2.44. The number of piperidine rings is 1. The van der Waals surface area contributed by atoms with Crippen LogP contribution in [-0.4, -0.2) is 58.2 Å². The number of carbonyl (C=O) groups is 2. The molecule has 2 saturated heterocycles. The first-order chi connectivity index (χ1) is 12.7. The molecular formula is C19H29N5O2. The Morgan fingerprint density at radius 3 is 2.69 bits per heavy atom. The van der Waals surface area contributed by atoms with Crippen molar-refractivity contribution in [1.82, 2.24) is 25.3 Å². The number of amides is 2. The Morgan fingerprint density at radius 1 is 1.23 bits per heavy atom. The number of nitrogens with zero attached hydrogens (tertiary/aromatic N) is 3. The van der Waals surface area contributed by atoms with Gasteiger partial charge in [0, 0.05) is 31.4 Å². The molecule has 26 heavy (non-hydrogen) atoms. The number of hydrogen-bond donors (Lipinski definition) is 2. The van der Waals surface area contributed by atoms with Gasteiger partial charge in [0.05, 0.1) is 6.04 Å². The highest BCUT2D eigenvalue weighted by Crippen LogP contribution is 2.29. The molecule has 2 N–H and O–H groups in total. The van der Waals surface area contributed by atoms with E-state index >= 15 is 0 Å². The highest BCUT2D eigenvalue weighted by atomic mass is 16.2. The minimum Gasteiger partial charge on any atom is -0.349 e. The zero-order valence-corrected chi connectivity index (χ0v) is 15.3. The predicted octanol–water partition coefficient (Wildman–Crippen LogP) is 1.01. The van der Waals surface area contributed by atoms with Gasteiger partial charge in [0.2, 0.25) is 11.8 Å². The molecule has 0 radical (unpaired) electrons. The largest absolute Gasteiger partial charge is 0.349 e. The highest BCUT2D eigenvalue weighted by molar-refractivity contribution is 5.87. The first-order valence-corrected chi connectivity index (χ1v) is 10.0. The van der Waals surface area contributed by atoms with Crippen LogP contribution in [0.1, 0.15) is 51.4 Å². The average Bonchev–Trinajstić information content (AvgIpc) is 3.33. The molecule has 3 aliphatic rings. The van der Waals surface area contributed by atoms with Gasteiger partial charge in [0.1, 0.15) is 5.54 Å². The van der Waals surface area contributed by atoms with Gasteiger partial charge in [0.25, 0.3) is 0 Å². The van der Waals surface area contributed by atoms with Gasteiger partial charge in [0.15, 0.2) is 0 Å². The minimum atomic E-state index is -0.643. The smallest absolute Gasteiger partial charge is 0.248 e. The summed E-state index contributed by atoms with van der Waals surface area (Å²) in [5, 5.41) is 10.9. The molecule has 1 atom stereocenters. The molecule has 0 bridgehead atoms. The Balaban J connectivity index is 1.44. The summed E-state index contributed by atoms with van der Waals surface area (Å²) in [6.07, 6.45) is 11.4. The zero-order chi connectivity index (χ0) is 18.0. The van der Waals surface area contributed by atoms with Crippen molar-refractivity contribution in [3.63, 3.8) is 0 Å². The second kappa shape index (κ2) is 7.39. The molecule has 7 nitrogen and oxygen atoms in total. The normalized spacial score (nSPS) is 26.8. The molecule has 1 aromatic rings. The van der Waals surface area contributed by atoms with Crippen molar-refractivity contribution in [2.45, 2.75) is 69.0 Å². The van der Waals surface area contributed by atoms with Gasteiger partial charge in [-0.25, -0.2) is 0 Å². The second-order valence-electron chi connectivity index (χ2n) is 7.94. The summed E-state index contributed by atoms with van der Waals surface area (Å²) >= 11 is 0. The van der Waals surface area contributed by atoms with Crippen LogP contribution in [0.15, 0.2) is 18.5 Å². The third-order valence-corrected chi connectivity index (χ3v) is 6.31. The predicted molar refractivity (Wildman–Crippen MR) is 97.4 cm³/mol. The van der Waals surface area contributed by atoms with Crippen molar-refractivity contribution >= 4 is 11.8 Å². The zero-order valence-electron chi connectivity index (χ0n) is 15.3. The summed E-state index contributed by atoms with van der Waals surface area (Å²) in [6.45, 7) is 2.25. The fourth-order valence-corrected chi connectivity index (χ4v) is 4.82. The summed E-state index contributed by atoms with van der Waals surface area (Å²) in [5.41, 5.74) is -0.643. The molecule has 7 heteroatoms. The maximum Gasteiger partial charge on any atom is 0.248 e. The van der Waals surface area contributed by atoms with E-state index in [1.165, 1.54) is 19.3 Å². The van der Waals surface area contributed by atoms with Crippen LogP contribution in [0.4, 0.5) is 0 Å². The number of likely N-dealkylation sites (tertiary alicyclic amines) is 1. The molecule has 4 rings (SSSR count). The molecular weight excluding hydrogens is 330 g/mol. The fourth-order valence-electron chi connectivity index (χ4n) is 4.82. The third-order valence-electron chi connectivity index (χ3n) is 6.31. The van der Waals surface area contributed by atoms with Crippen LogP contribution >= 0.6 is 0 Å². The third kappa shape index (κ3) is 3.24. The quantitative estimate of drug-likeness (QED) is 0.841. The van der Waals surface area contributed by atoms with Gasteiger partial charge in [-0.2, -0.15) is 5.10 Å². The van der Waals surface area contributed by atoms with Crippen molar-refractivity contribution in [3.05, 3.63) is 18.5 Å². The average molecular weight is 359 g/mol. The van der Waals surface area contributed by atoms with E-state index in [2.05, 4.69) is 15.7 Å². The second-order valence-corrected chi connectivity index (χ2v) is 7.94. The van der Waals surface area contributed by atoms with E-state index in [1.807, 2.05) is 17.2 Å². The Morgan fingerprint density at radius 2 is 2.00 bits per heavy atom. The summed E-state index contributed by atoms with van der Waals surface area (Å²) in [4.78, 5) is 27.8. The van der Waals surface area contributed by atoms with Gasteiger partial charge in [-0.15, -0.1) is 0 Å². The van der Waals surface area contributed by atoms with Crippen LogP contribution in [0.3, 0.4) is 0 Å². The Bertz CT molecular complexity index is 632. The molecule has 2 aliphatic heterocycles. The number of hydrogen-bond acceptors (Lipinski definition) is 4. The Kier molecular flexibility index (Phi) is 4.98. The lowest BCUT2D eigenvalue weighted by Crippen LogP contribution is -2.56. The van der Waals surface area contributed by atoms with Crippen molar-refractivity contribution in [1.29, 1.82) is 0 Å². The van der Waals surface area contributed by atoms with E-state index in [0.29, 0.717) is 31.8 Å². The van der Waals surface area contributed by atoms with Crippen molar-refractivity contribution in [2.75, 3.05) is 19.6 Å². The van der Waals surface area contributed by atoms with Crippen LogP contribution in [0.25, 0.3) is 0 Å². The van der Waals surface area contributed by atoms with Gasteiger partial charge in [-0.1, -0.05) is 19.3 Å². The Labute approximate surface area is 154 Å². The summed E-state index contributed by atoms with van der Waals surface area (Å²) in [6, 6.07) is 2.15. The van der Waals surface area contributed by atoms with Crippen LogP contribution in [0, 0.1) is 0 Å². The molecule has 0 spiro atoms. The van der Waals surface area contributed by atoms with E-state index < -0.39 is 5.54 Å². The van der Waals surface area contributed by atoms with Crippen LogP contribution in [0.5, 0.6) is 0 Å². The lowest BCUT2D eigenvalue weighted by Gasteiger charge is -2.37. The molecule has 1 aliphatic carbocycles. The van der Waals surface area contributed by atoms with Gasteiger partial charge in [-0.3, -0.25) is 14.3 Å². The number of rotatable bonds is 4. The fraction of sp³-hybridized carbons (Fsp3) is 0.737. The molecule has 1 saturated carbocycles. The summed E-state index contributed by atoms with van der Waals surface area (Å²) in [7, 11) is 0. The maximum atomic E-state index is 13.2. The van der Waals surface area contributed by atoms with E-state index in [0.717, 1.165) is 25.9 Å². The Hall–Kier alpha value is -1.89. The van der Waals surface area contributed by atoms with E-state index in [1.54, 1.807) is 10.9 Å². The van der Waals surface area contributed by atoms with Gasteiger partial charge < -0.3 is 15.5 Å². The number of aromatic nitrogens is 2. The summed E-state index contributed by atoms with van der Waals surface area (Å²) in [5.74, 6) is 0.201. The van der Waals surface area contributed by atoms with Crippen LogP contribution in [0.2, 0.25) is 0 Å². The molecule has 2 amide bonds. The van der Waals surface area contributed by atoms with Crippen LogP contribution < -0.4 is 10.6 Å². The number of carbonyl (C=O) groups excluding carboxylic acids is 2. The van der Waals surface area contributed by atoms with E-state index in [-0.39, 0.29) is 17.9 Å². The first kappa shape index (κ1) is 17.5. The SMILES string of the molecule is O=C1CC(NC(=O)C2(n3cccn3)CCNCC2)CN1C1CCCCC1. The molecule has 3 heterocycles. The maximum absolute atomic E-state index is 13.2. The lowest BCUT2D eigenvalue weighted by molar-refractivity contribution is -0.132. The first-order valence-electron chi connectivity index (χ1n) is 10.0. The van der Waals surface area contributed by atoms with Crippen LogP contribution in [-0.2, 0) is 15.1 Å². The van der Waals surface area contributed by atoms with Gasteiger partial charge >= 0.3 is 0 Å². The topological polar surface area (TPSA) is 79.3 Å². The lowest BCUT2D eigenvalue weighted by atomic mass is 9.87. The van der Waals surface area contributed by atoms with Crippen molar-refractivity contribution < 1.29 is 9.59 Å². The summed E-state index contributed by atoms with van der Waals surface area (Å²) < 4.78 is 1.80. The molecule has 142 valence electrons. The molecule has 1 unspecified atom stereocenters. The van der Waals surface area contributed by atoms with Crippen molar-refractivity contribution in [3.8, 4) is 0 Å². The standard InChI is InChI=1S/C19H29N5O2/c25-17-13-15(14-23(17)16-5-2-1-3-6-16)22-18(26)19(7-10-20-11-8-19)24-12-4-9-21-24/h4,9,12,15-16,20H,1-3,5-8,10-11,13-14H2,(H,22,26). The molecule has 3 fully saturated rings. The van der Waals surface area contributed by atoms with E-state index in [4.69, 9.17) is 0 Å². The number of nitrogens with one attached hydrogen (secondary N) is 2.